The molecule has 0 bridgehead atoms. The second kappa shape index (κ2) is 5.46. The van der Waals surface area contributed by atoms with E-state index in [9.17, 15) is 13.2 Å². The van der Waals surface area contributed by atoms with Crippen LogP contribution in [0.1, 0.15) is 23.5 Å². The summed E-state index contributed by atoms with van der Waals surface area (Å²) in [7, 11) is -3.56. The van der Waals surface area contributed by atoms with Gasteiger partial charge in [0.1, 0.15) is 11.5 Å². The minimum atomic E-state index is -3.56. The van der Waals surface area contributed by atoms with E-state index in [4.69, 9.17) is 4.74 Å². The first kappa shape index (κ1) is 14.6. The monoisotopic (exact) mass is 317 g/mol. The SMILES string of the molecule is CS(=O)(=O)NC(=O)CC1c2ccccc2Oc2ccccc21. The minimum absolute atomic E-state index is 0.0461. The smallest absolute Gasteiger partial charge is 0.234 e. The quantitative estimate of drug-likeness (QED) is 0.943. The lowest BCUT2D eigenvalue weighted by Crippen LogP contribution is -2.31. The molecule has 22 heavy (non-hydrogen) atoms. The Morgan fingerprint density at radius 2 is 1.55 bits per heavy atom. The van der Waals surface area contributed by atoms with Gasteiger partial charge in [0.25, 0.3) is 0 Å². The number of rotatable bonds is 3. The summed E-state index contributed by atoms with van der Waals surface area (Å²) in [6, 6.07) is 14.9. The van der Waals surface area contributed by atoms with Crippen molar-refractivity contribution in [3.05, 3.63) is 59.7 Å². The largest absolute Gasteiger partial charge is 0.457 e. The van der Waals surface area contributed by atoms with Gasteiger partial charge in [0.15, 0.2) is 0 Å². The summed E-state index contributed by atoms with van der Waals surface area (Å²) >= 11 is 0. The maximum atomic E-state index is 12.0. The van der Waals surface area contributed by atoms with Gasteiger partial charge in [-0.25, -0.2) is 8.42 Å². The molecule has 0 unspecified atom stereocenters. The molecule has 0 atom stereocenters. The van der Waals surface area contributed by atoms with Crippen LogP contribution in [-0.4, -0.2) is 20.6 Å². The van der Waals surface area contributed by atoms with Crippen LogP contribution in [-0.2, 0) is 14.8 Å². The van der Waals surface area contributed by atoms with Crippen LogP contribution < -0.4 is 9.46 Å². The van der Waals surface area contributed by atoms with Gasteiger partial charge in [0.2, 0.25) is 15.9 Å². The van der Waals surface area contributed by atoms with E-state index in [0.717, 1.165) is 17.4 Å². The Morgan fingerprint density at radius 3 is 2.05 bits per heavy atom. The first-order chi connectivity index (χ1) is 10.4. The number of carbonyl (C=O) groups is 1. The number of benzene rings is 2. The molecule has 0 spiro atoms. The summed E-state index contributed by atoms with van der Waals surface area (Å²) in [5.74, 6) is 0.624. The molecule has 2 aromatic rings. The fraction of sp³-hybridized carbons (Fsp3) is 0.188. The van der Waals surface area contributed by atoms with Crippen molar-refractivity contribution in [2.75, 3.05) is 6.26 Å². The van der Waals surface area contributed by atoms with Crippen LogP contribution in [0.5, 0.6) is 11.5 Å². The zero-order valence-corrected chi connectivity index (χ0v) is 12.8. The second-order valence-electron chi connectivity index (χ2n) is 5.23. The highest BCUT2D eigenvalue weighted by Crippen LogP contribution is 2.45. The number of sulfonamides is 1. The highest BCUT2D eigenvalue weighted by atomic mass is 32.2. The van der Waals surface area contributed by atoms with Gasteiger partial charge in [-0.1, -0.05) is 36.4 Å². The van der Waals surface area contributed by atoms with Crippen molar-refractivity contribution < 1.29 is 17.9 Å². The van der Waals surface area contributed by atoms with E-state index in [1.807, 2.05) is 53.3 Å². The molecule has 1 aliphatic heterocycles. The van der Waals surface area contributed by atoms with E-state index >= 15 is 0 Å². The van der Waals surface area contributed by atoms with Crippen molar-refractivity contribution >= 4 is 15.9 Å². The fourth-order valence-corrected chi connectivity index (χ4v) is 3.16. The topological polar surface area (TPSA) is 72.5 Å². The van der Waals surface area contributed by atoms with Crippen LogP contribution in [0.3, 0.4) is 0 Å². The minimum Gasteiger partial charge on any atom is -0.457 e. The Kier molecular flexibility index (Phi) is 3.62. The highest BCUT2D eigenvalue weighted by molar-refractivity contribution is 7.89. The van der Waals surface area contributed by atoms with Crippen LogP contribution in [0.15, 0.2) is 48.5 Å². The van der Waals surface area contributed by atoms with Gasteiger partial charge in [-0.15, -0.1) is 0 Å². The van der Waals surface area contributed by atoms with Gasteiger partial charge >= 0.3 is 0 Å². The molecule has 5 nitrogen and oxygen atoms in total. The first-order valence-corrected chi connectivity index (χ1v) is 8.69. The van der Waals surface area contributed by atoms with Gasteiger partial charge in [0.05, 0.1) is 6.26 Å². The lowest BCUT2D eigenvalue weighted by Gasteiger charge is -2.27. The molecule has 0 radical (unpaired) electrons. The van der Waals surface area contributed by atoms with Crippen molar-refractivity contribution in [1.29, 1.82) is 0 Å². The summed E-state index contributed by atoms with van der Waals surface area (Å²) in [5, 5.41) is 0. The Bertz CT molecular complexity index is 784. The Balaban J connectivity index is 1.98. The molecule has 0 fully saturated rings. The molecule has 1 N–H and O–H groups in total. The number of para-hydroxylation sites is 2. The molecule has 1 amide bonds. The van der Waals surface area contributed by atoms with Crippen molar-refractivity contribution in [1.82, 2.24) is 4.72 Å². The molecule has 0 aliphatic carbocycles. The third-order valence-electron chi connectivity index (χ3n) is 3.50. The molecule has 114 valence electrons. The molecular formula is C16H15NO4S. The number of hydrogen-bond acceptors (Lipinski definition) is 4. The van der Waals surface area contributed by atoms with Crippen LogP contribution in [0.2, 0.25) is 0 Å². The first-order valence-electron chi connectivity index (χ1n) is 6.80. The average Bonchev–Trinajstić information content (AvgIpc) is 2.45. The number of fused-ring (bicyclic) bond motifs is 2. The maximum Gasteiger partial charge on any atom is 0.234 e. The molecule has 0 aromatic heterocycles. The third-order valence-corrected chi connectivity index (χ3v) is 4.10. The number of ether oxygens (including phenoxy) is 1. The van der Waals surface area contributed by atoms with Gasteiger partial charge in [-0.2, -0.15) is 0 Å². The molecule has 3 rings (SSSR count). The Labute approximate surface area is 129 Å². The Hall–Kier alpha value is -2.34. The lowest BCUT2D eigenvalue weighted by atomic mass is 9.85. The summed E-state index contributed by atoms with van der Waals surface area (Å²) in [6.07, 6.45) is 1.02. The van der Waals surface area contributed by atoms with Crippen LogP contribution >= 0.6 is 0 Å². The second-order valence-corrected chi connectivity index (χ2v) is 6.98. The molecule has 0 saturated heterocycles. The van der Waals surface area contributed by atoms with Crippen LogP contribution in [0.4, 0.5) is 0 Å². The van der Waals surface area contributed by atoms with Crippen molar-refractivity contribution in [3.8, 4) is 11.5 Å². The van der Waals surface area contributed by atoms with E-state index < -0.39 is 15.9 Å². The van der Waals surface area contributed by atoms with E-state index in [-0.39, 0.29) is 12.3 Å². The summed E-state index contributed by atoms with van der Waals surface area (Å²) in [6.45, 7) is 0. The van der Waals surface area contributed by atoms with Gasteiger partial charge in [-0.3, -0.25) is 9.52 Å². The normalized spacial score (nSPS) is 13.7. The molecule has 1 aliphatic rings. The fourth-order valence-electron chi connectivity index (χ4n) is 2.66. The zero-order valence-electron chi connectivity index (χ0n) is 11.9. The number of carbonyl (C=O) groups excluding carboxylic acids is 1. The highest BCUT2D eigenvalue weighted by Gasteiger charge is 2.29. The number of nitrogens with one attached hydrogen (secondary N) is 1. The summed E-state index contributed by atoms with van der Waals surface area (Å²) < 4.78 is 30.3. The van der Waals surface area contributed by atoms with E-state index in [1.165, 1.54) is 0 Å². The zero-order chi connectivity index (χ0) is 15.7. The van der Waals surface area contributed by atoms with E-state index in [1.54, 1.807) is 0 Å². The van der Waals surface area contributed by atoms with Crippen LogP contribution in [0, 0.1) is 0 Å². The predicted octanol–water partition coefficient (Wildman–Crippen LogP) is 2.39. The van der Waals surface area contributed by atoms with Gasteiger partial charge < -0.3 is 4.74 Å². The van der Waals surface area contributed by atoms with Crippen LogP contribution in [0.25, 0.3) is 0 Å². The number of amides is 1. The van der Waals surface area contributed by atoms with Gasteiger partial charge in [0, 0.05) is 23.5 Å². The predicted molar refractivity (Wildman–Crippen MR) is 82.4 cm³/mol. The van der Waals surface area contributed by atoms with Crippen molar-refractivity contribution in [3.63, 3.8) is 0 Å². The van der Waals surface area contributed by atoms with E-state index in [0.29, 0.717) is 11.5 Å². The van der Waals surface area contributed by atoms with Crippen molar-refractivity contribution in [2.45, 2.75) is 12.3 Å². The molecule has 1 heterocycles. The average molecular weight is 317 g/mol. The standard InChI is InChI=1S/C16H15NO4S/c1-22(19,20)17-16(18)10-13-11-6-2-4-8-14(11)21-15-9-5-3-7-12(13)15/h2-9,13H,10H2,1H3,(H,17,18). The molecule has 2 aromatic carbocycles. The third kappa shape index (κ3) is 2.96. The summed E-state index contributed by atoms with van der Waals surface area (Å²) in [4.78, 5) is 12.0. The summed E-state index contributed by atoms with van der Waals surface area (Å²) in [5.41, 5.74) is 1.76. The Morgan fingerprint density at radius 1 is 1.05 bits per heavy atom. The maximum absolute atomic E-state index is 12.0. The molecule has 0 saturated carbocycles. The lowest BCUT2D eigenvalue weighted by molar-refractivity contribution is -0.119. The number of hydrogen-bond donors (Lipinski definition) is 1. The van der Waals surface area contributed by atoms with Gasteiger partial charge in [-0.05, 0) is 12.1 Å². The molecule has 6 heteroatoms. The van der Waals surface area contributed by atoms with Crippen molar-refractivity contribution in [2.24, 2.45) is 0 Å². The molecular weight excluding hydrogens is 302 g/mol. The van der Waals surface area contributed by atoms with E-state index in [2.05, 4.69) is 0 Å².